The zero-order valence-electron chi connectivity index (χ0n) is 20.3. The number of nitrogens with zero attached hydrogens (tertiary/aromatic N) is 1. The molecule has 0 N–H and O–H groups in total. The number of amides is 2. The van der Waals surface area contributed by atoms with Gasteiger partial charge in [0.25, 0.3) is 11.8 Å². The lowest BCUT2D eigenvalue weighted by Crippen LogP contribution is -2.40. The molecule has 0 aromatic heterocycles. The fraction of sp³-hybridized carbons (Fsp3) is 0.0968. The van der Waals surface area contributed by atoms with E-state index in [4.69, 9.17) is 9.47 Å². The molecule has 7 rings (SSSR count). The van der Waals surface area contributed by atoms with Crippen molar-refractivity contribution in [2.45, 2.75) is 6.92 Å². The number of fused-ring (bicyclic) bond motifs is 2. The Balaban J connectivity index is 1.63. The first-order chi connectivity index (χ1) is 17.9. The molecule has 0 radical (unpaired) electrons. The second kappa shape index (κ2) is 7.67. The molecule has 6 aromatic carbocycles. The third-order valence-corrected chi connectivity index (χ3v) is 8.10. The molecule has 5 nitrogen and oxygen atoms in total. The van der Waals surface area contributed by atoms with Crippen LogP contribution >= 0.6 is 15.9 Å². The van der Waals surface area contributed by atoms with Crippen molar-refractivity contribution in [2.24, 2.45) is 0 Å². The van der Waals surface area contributed by atoms with E-state index in [2.05, 4.69) is 34.1 Å². The number of anilines is 1. The second-order valence-electron chi connectivity index (χ2n) is 9.39. The summed E-state index contributed by atoms with van der Waals surface area (Å²) in [5.74, 6) is 0.447. The van der Waals surface area contributed by atoms with E-state index in [0.717, 1.165) is 47.7 Å². The molecule has 1 heterocycles. The lowest BCUT2D eigenvalue weighted by molar-refractivity contribution is 0.0893. The van der Waals surface area contributed by atoms with Crippen molar-refractivity contribution in [2.75, 3.05) is 19.1 Å². The van der Waals surface area contributed by atoms with E-state index >= 15 is 0 Å². The number of aryl methyl sites for hydroxylation is 1. The number of ether oxygens (including phenoxy) is 2. The average molecular weight is 550 g/mol. The Morgan fingerprint density at radius 2 is 1.41 bits per heavy atom. The molecule has 1 aliphatic rings. The molecule has 6 heteroatoms. The van der Waals surface area contributed by atoms with Gasteiger partial charge >= 0.3 is 0 Å². The highest BCUT2D eigenvalue weighted by Crippen LogP contribution is 2.48. The van der Waals surface area contributed by atoms with Crippen LogP contribution in [0.5, 0.6) is 11.5 Å². The number of hydrogen-bond donors (Lipinski definition) is 0. The maximum Gasteiger partial charge on any atom is 0.266 e. The Labute approximate surface area is 220 Å². The Kier molecular flexibility index (Phi) is 4.57. The monoisotopic (exact) mass is 549 g/mol. The second-order valence-corrected chi connectivity index (χ2v) is 10.2. The van der Waals surface area contributed by atoms with E-state index in [9.17, 15) is 9.59 Å². The number of benzene rings is 6. The molecule has 0 aliphatic carbocycles. The first-order valence-corrected chi connectivity index (χ1v) is 12.7. The minimum atomic E-state index is -0.382. The molecule has 0 unspecified atom stereocenters. The van der Waals surface area contributed by atoms with Crippen LogP contribution in [0.3, 0.4) is 0 Å². The van der Waals surface area contributed by atoms with E-state index in [1.54, 1.807) is 26.4 Å². The first kappa shape index (κ1) is 22.1. The fourth-order valence-electron chi connectivity index (χ4n) is 5.89. The number of halogens is 1. The van der Waals surface area contributed by atoms with Gasteiger partial charge in [-0.25, -0.2) is 4.90 Å². The Morgan fingerprint density at radius 1 is 0.676 bits per heavy atom. The van der Waals surface area contributed by atoms with Crippen LogP contribution in [0.25, 0.3) is 43.1 Å². The molecule has 6 aromatic rings. The van der Waals surface area contributed by atoms with Gasteiger partial charge in [0.15, 0.2) is 0 Å². The normalized spacial score (nSPS) is 13.5. The van der Waals surface area contributed by atoms with Gasteiger partial charge < -0.3 is 9.47 Å². The highest BCUT2D eigenvalue weighted by Gasteiger charge is 2.36. The molecule has 0 saturated heterocycles. The Morgan fingerprint density at radius 3 is 2.19 bits per heavy atom. The van der Waals surface area contributed by atoms with Gasteiger partial charge in [0.1, 0.15) is 11.5 Å². The number of rotatable bonds is 3. The minimum Gasteiger partial charge on any atom is -0.497 e. The molecule has 0 saturated carbocycles. The summed E-state index contributed by atoms with van der Waals surface area (Å²) in [6, 6.07) is 21.3. The van der Waals surface area contributed by atoms with Crippen LogP contribution < -0.4 is 14.4 Å². The highest BCUT2D eigenvalue weighted by atomic mass is 79.9. The Hall–Kier alpha value is -4.16. The molecular formula is C31H20BrNO4. The maximum atomic E-state index is 14.0. The van der Waals surface area contributed by atoms with Gasteiger partial charge in [-0.2, -0.15) is 0 Å². The van der Waals surface area contributed by atoms with Gasteiger partial charge in [-0.15, -0.1) is 0 Å². The van der Waals surface area contributed by atoms with Crippen molar-refractivity contribution in [3.05, 3.63) is 87.9 Å². The van der Waals surface area contributed by atoms with Crippen molar-refractivity contribution in [1.29, 1.82) is 0 Å². The summed E-state index contributed by atoms with van der Waals surface area (Å²) >= 11 is 3.70. The molecule has 0 spiro atoms. The number of carbonyl (C=O) groups excluding carboxylic acids is 2. The van der Waals surface area contributed by atoms with Crippen molar-refractivity contribution < 1.29 is 19.1 Å². The molecule has 0 bridgehead atoms. The summed E-state index contributed by atoms with van der Waals surface area (Å²) in [5, 5.41) is 7.74. The Bertz CT molecular complexity index is 1980. The first-order valence-electron chi connectivity index (χ1n) is 11.9. The molecular weight excluding hydrogens is 530 g/mol. The van der Waals surface area contributed by atoms with Crippen LogP contribution in [0.15, 0.2) is 71.2 Å². The quantitative estimate of drug-likeness (QED) is 0.129. The highest BCUT2D eigenvalue weighted by molar-refractivity contribution is 9.10. The predicted octanol–water partition coefficient (Wildman–Crippen LogP) is 7.63. The molecule has 0 atom stereocenters. The third kappa shape index (κ3) is 2.84. The number of carbonyl (C=O) groups is 2. The van der Waals surface area contributed by atoms with Crippen LogP contribution in [0.2, 0.25) is 0 Å². The summed E-state index contributed by atoms with van der Waals surface area (Å²) in [6.45, 7) is 1.91. The van der Waals surface area contributed by atoms with Gasteiger partial charge in [0.2, 0.25) is 0 Å². The zero-order valence-corrected chi connectivity index (χ0v) is 21.9. The van der Waals surface area contributed by atoms with Crippen LogP contribution in [0.1, 0.15) is 26.3 Å². The van der Waals surface area contributed by atoms with Gasteiger partial charge in [-0.1, -0.05) is 46.3 Å². The minimum absolute atomic E-state index is 0.354. The molecule has 0 fully saturated rings. The summed E-state index contributed by atoms with van der Waals surface area (Å²) in [5.41, 5.74) is 2.30. The van der Waals surface area contributed by atoms with Crippen molar-refractivity contribution >= 4 is 76.5 Å². The van der Waals surface area contributed by atoms with E-state index in [1.165, 1.54) is 4.90 Å². The van der Waals surface area contributed by atoms with Crippen molar-refractivity contribution in [1.82, 2.24) is 0 Å². The number of imide groups is 1. The largest absolute Gasteiger partial charge is 0.497 e. The van der Waals surface area contributed by atoms with Gasteiger partial charge in [-0.05, 0) is 69.8 Å². The number of hydrogen-bond acceptors (Lipinski definition) is 4. The summed E-state index contributed by atoms with van der Waals surface area (Å²) in [4.78, 5) is 29.2. The SMILES string of the molecule is COc1cc(C)cc(N2C(=O)c3ccc4c5cccc6c(Br)ccc(c7c(OC)cc(c3c47)C2=O)c65)c1. The molecule has 180 valence electrons. The standard InChI is InChI=1S/C31H20BrNO4/c1-15-11-16(13-17(12-15)36-2)33-30(34)22-8-7-19-18-5-4-6-20-24(32)10-9-21(26(18)20)28-25(37-3)14-23(31(33)35)27(22)29(19)28/h4-14H,1-3H3. The molecule has 1 aliphatic heterocycles. The van der Waals surface area contributed by atoms with Gasteiger partial charge in [-0.3, -0.25) is 9.59 Å². The van der Waals surface area contributed by atoms with Gasteiger partial charge in [0, 0.05) is 32.3 Å². The van der Waals surface area contributed by atoms with Crippen LogP contribution in [0, 0.1) is 6.92 Å². The zero-order chi connectivity index (χ0) is 25.6. The van der Waals surface area contributed by atoms with Crippen LogP contribution in [-0.4, -0.2) is 26.0 Å². The smallest absolute Gasteiger partial charge is 0.266 e. The van der Waals surface area contributed by atoms with Crippen LogP contribution in [-0.2, 0) is 0 Å². The summed E-state index contributed by atoms with van der Waals surface area (Å²) in [7, 11) is 3.18. The topological polar surface area (TPSA) is 55.8 Å². The number of methoxy groups -OCH3 is 2. The van der Waals surface area contributed by atoms with E-state index in [-0.39, 0.29) is 11.8 Å². The van der Waals surface area contributed by atoms with E-state index in [0.29, 0.717) is 33.7 Å². The lowest BCUT2D eigenvalue weighted by atomic mass is 9.84. The fourth-order valence-corrected chi connectivity index (χ4v) is 6.35. The van der Waals surface area contributed by atoms with Crippen molar-refractivity contribution in [3.8, 4) is 11.5 Å². The van der Waals surface area contributed by atoms with Crippen molar-refractivity contribution in [3.63, 3.8) is 0 Å². The van der Waals surface area contributed by atoms with E-state index < -0.39 is 0 Å². The maximum absolute atomic E-state index is 14.0. The lowest BCUT2D eigenvalue weighted by Gasteiger charge is -2.29. The predicted molar refractivity (Wildman–Crippen MR) is 151 cm³/mol. The van der Waals surface area contributed by atoms with Crippen LogP contribution in [0.4, 0.5) is 5.69 Å². The summed E-state index contributed by atoms with van der Waals surface area (Å²) in [6.07, 6.45) is 0. The molecule has 2 amide bonds. The molecule has 37 heavy (non-hydrogen) atoms. The van der Waals surface area contributed by atoms with Gasteiger partial charge in [0.05, 0.1) is 25.5 Å². The summed E-state index contributed by atoms with van der Waals surface area (Å²) < 4.78 is 12.3. The van der Waals surface area contributed by atoms with E-state index in [1.807, 2.05) is 43.3 Å². The third-order valence-electron chi connectivity index (χ3n) is 7.41. The average Bonchev–Trinajstić information content (AvgIpc) is 2.91.